The molecule has 0 aliphatic carbocycles. The van der Waals surface area contributed by atoms with Crippen molar-refractivity contribution in [1.29, 1.82) is 0 Å². The first kappa shape index (κ1) is 16.0. The van der Waals surface area contributed by atoms with Crippen molar-refractivity contribution in [3.63, 3.8) is 0 Å². The van der Waals surface area contributed by atoms with Gasteiger partial charge in [0.2, 0.25) is 5.96 Å². The van der Waals surface area contributed by atoms with E-state index in [1.807, 2.05) is 0 Å². The van der Waals surface area contributed by atoms with E-state index in [0.717, 1.165) is 18.5 Å². The van der Waals surface area contributed by atoms with Gasteiger partial charge in [0.1, 0.15) is 0 Å². The molecule has 0 aliphatic heterocycles. The summed E-state index contributed by atoms with van der Waals surface area (Å²) in [6, 6.07) is 2.19. The van der Waals surface area contributed by atoms with Gasteiger partial charge in [0.15, 0.2) is 9.84 Å². The van der Waals surface area contributed by atoms with E-state index in [2.05, 4.69) is 10.2 Å². The zero-order chi connectivity index (χ0) is 15.6. The van der Waals surface area contributed by atoms with Gasteiger partial charge in [-0.1, -0.05) is 0 Å². The normalized spacial score (nSPS) is 12.6. The first-order chi connectivity index (χ1) is 9.01. The molecule has 4 N–H and O–H groups in total. The van der Waals surface area contributed by atoms with Crippen LogP contribution in [0.15, 0.2) is 33.3 Å². The van der Waals surface area contributed by atoms with Gasteiger partial charge in [-0.2, -0.15) is 18.3 Å². The summed E-state index contributed by atoms with van der Waals surface area (Å²) in [6.45, 7) is 0. The highest BCUT2D eigenvalue weighted by molar-refractivity contribution is 7.90. The van der Waals surface area contributed by atoms with E-state index in [-0.39, 0.29) is 10.5 Å². The lowest BCUT2D eigenvalue weighted by Gasteiger charge is -2.09. The summed E-state index contributed by atoms with van der Waals surface area (Å²) in [6.07, 6.45) is -2.90. The number of rotatable bonds is 3. The third-order valence-electron chi connectivity index (χ3n) is 2.11. The average Bonchev–Trinajstić information content (AvgIpc) is 2.25. The van der Waals surface area contributed by atoms with Gasteiger partial charge in [0.05, 0.1) is 16.7 Å². The molecular weight excluding hydrogens is 297 g/mol. The molecule has 20 heavy (non-hydrogen) atoms. The fraction of sp³-hybridized carbons (Fsp3) is 0.200. The molecule has 1 aromatic carbocycles. The minimum Gasteiger partial charge on any atom is -0.369 e. The maximum absolute atomic E-state index is 12.6. The van der Waals surface area contributed by atoms with Crippen molar-refractivity contribution in [3.8, 4) is 0 Å². The number of nitrogens with two attached hydrogens (primary N) is 2. The second-order valence-corrected chi connectivity index (χ2v) is 5.78. The molecule has 0 heterocycles. The fourth-order valence-corrected chi connectivity index (χ4v) is 2.18. The monoisotopic (exact) mass is 308 g/mol. The van der Waals surface area contributed by atoms with E-state index >= 15 is 0 Å². The minimum absolute atomic E-state index is 0.257. The van der Waals surface area contributed by atoms with Crippen molar-refractivity contribution in [2.24, 2.45) is 21.7 Å². The highest BCUT2D eigenvalue weighted by Gasteiger charge is 2.31. The van der Waals surface area contributed by atoms with E-state index < -0.39 is 27.5 Å². The van der Waals surface area contributed by atoms with Crippen molar-refractivity contribution in [2.75, 3.05) is 6.26 Å². The highest BCUT2D eigenvalue weighted by Crippen LogP contribution is 2.31. The number of alkyl halides is 3. The molecule has 0 atom stereocenters. The Morgan fingerprint density at radius 2 is 1.90 bits per heavy atom. The number of guanidine groups is 1. The maximum Gasteiger partial charge on any atom is 0.416 e. The predicted octanol–water partition coefficient (Wildman–Crippen LogP) is 0.716. The predicted molar refractivity (Wildman–Crippen MR) is 68.0 cm³/mol. The molecule has 1 aromatic rings. The van der Waals surface area contributed by atoms with Crippen molar-refractivity contribution in [1.82, 2.24) is 0 Å². The lowest BCUT2D eigenvalue weighted by Crippen LogP contribution is -2.21. The van der Waals surface area contributed by atoms with Gasteiger partial charge in [0.25, 0.3) is 0 Å². The summed E-state index contributed by atoms with van der Waals surface area (Å²) in [4.78, 5) is -0.306. The molecule has 0 amide bonds. The number of hydrogen-bond donors (Lipinski definition) is 2. The van der Waals surface area contributed by atoms with E-state index in [1.165, 1.54) is 0 Å². The molecule has 0 aliphatic rings. The molecule has 0 fully saturated rings. The molecule has 0 saturated carbocycles. The van der Waals surface area contributed by atoms with Crippen LogP contribution in [0.5, 0.6) is 0 Å². The number of halogens is 3. The Morgan fingerprint density at radius 1 is 1.30 bits per heavy atom. The van der Waals surface area contributed by atoms with Gasteiger partial charge in [-0.25, -0.2) is 8.42 Å². The van der Waals surface area contributed by atoms with Crippen molar-refractivity contribution in [2.45, 2.75) is 11.1 Å². The molecule has 110 valence electrons. The third-order valence-corrected chi connectivity index (χ3v) is 3.28. The van der Waals surface area contributed by atoms with Crippen LogP contribution in [-0.4, -0.2) is 26.8 Å². The summed E-state index contributed by atoms with van der Waals surface area (Å²) < 4.78 is 60.7. The van der Waals surface area contributed by atoms with Crippen LogP contribution in [0.2, 0.25) is 0 Å². The molecule has 0 bridgehead atoms. The molecule has 1 rings (SSSR count). The van der Waals surface area contributed by atoms with E-state index in [9.17, 15) is 21.6 Å². The lowest BCUT2D eigenvalue weighted by molar-refractivity contribution is -0.137. The van der Waals surface area contributed by atoms with Crippen LogP contribution in [0.1, 0.15) is 11.1 Å². The quantitative estimate of drug-likeness (QED) is 0.487. The first-order valence-corrected chi connectivity index (χ1v) is 6.94. The number of nitrogens with zero attached hydrogens (tertiary/aromatic N) is 2. The van der Waals surface area contributed by atoms with Crippen molar-refractivity contribution < 1.29 is 21.6 Å². The zero-order valence-corrected chi connectivity index (χ0v) is 11.0. The van der Waals surface area contributed by atoms with Crippen LogP contribution in [0, 0.1) is 0 Å². The second-order valence-electron chi connectivity index (χ2n) is 3.79. The van der Waals surface area contributed by atoms with E-state index in [1.54, 1.807) is 0 Å². The van der Waals surface area contributed by atoms with Crippen LogP contribution in [0.25, 0.3) is 0 Å². The molecule has 0 aromatic heterocycles. The maximum atomic E-state index is 12.6. The van der Waals surface area contributed by atoms with Gasteiger partial charge in [-0.15, -0.1) is 5.10 Å². The lowest BCUT2D eigenvalue weighted by atomic mass is 10.1. The summed E-state index contributed by atoms with van der Waals surface area (Å²) in [5, 5.41) is 6.52. The van der Waals surface area contributed by atoms with Gasteiger partial charge in [0, 0.05) is 11.8 Å². The number of sulfone groups is 1. The zero-order valence-electron chi connectivity index (χ0n) is 10.2. The molecule has 0 spiro atoms. The summed E-state index contributed by atoms with van der Waals surface area (Å²) in [7, 11) is -3.72. The SMILES string of the molecule is CS(=O)(=O)c1ccc(C(F)(F)F)cc1C=NN=C(N)N. The topological polar surface area (TPSA) is 111 Å². The molecule has 0 radical (unpaired) electrons. The van der Waals surface area contributed by atoms with Crippen LogP contribution in [-0.2, 0) is 16.0 Å². The molecule has 0 saturated heterocycles. The molecular formula is C10H11F3N4O2S. The Kier molecular flexibility index (Phi) is 4.38. The summed E-state index contributed by atoms with van der Waals surface area (Å²) in [5.41, 5.74) is 8.73. The van der Waals surface area contributed by atoms with Crippen LogP contribution < -0.4 is 11.5 Å². The number of benzene rings is 1. The van der Waals surface area contributed by atoms with Gasteiger partial charge in [-0.3, -0.25) is 0 Å². The third kappa shape index (κ3) is 4.23. The van der Waals surface area contributed by atoms with Crippen molar-refractivity contribution >= 4 is 22.0 Å². The number of hydrogen-bond acceptors (Lipinski definition) is 4. The van der Waals surface area contributed by atoms with Gasteiger partial charge in [-0.05, 0) is 18.2 Å². The molecule has 0 unspecified atom stereocenters. The standard InChI is InChI=1S/C10H11F3N4O2S/c1-20(18,19)8-3-2-7(10(11,12)13)4-6(8)5-16-17-9(14)15/h2-5H,1H3,(H4,14,15,17). The Labute approximate surface area is 112 Å². The highest BCUT2D eigenvalue weighted by atomic mass is 32.2. The van der Waals surface area contributed by atoms with Crippen molar-refractivity contribution in [3.05, 3.63) is 29.3 Å². The van der Waals surface area contributed by atoms with E-state index in [4.69, 9.17) is 11.5 Å². The second kappa shape index (κ2) is 5.49. The Morgan fingerprint density at radius 3 is 2.35 bits per heavy atom. The van der Waals surface area contributed by atoms with Crippen LogP contribution in [0.3, 0.4) is 0 Å². The Hall–Kier alpha value is -2.10. The molecule has 10 heteroatoms. The molecule has 6 nitrogen and oxygen atoms in total. The summed E-state index contributed by atoms with van der Waals surface area (Å²) >= 11 is 0. The first-order valence-electron chi connectivity index (χ1n) is 5.05. The van der Waals surface area contributed by atoms with Crippen LogP contribution in [0.4, 0.5) is 13.2 Å². The minimum atomic E-state index is -4.60. The smallest absolute Gasteiger partial charge is 0.369 e. The largest absolute Gasteiger partial charge is 0.416 e. The Balaban J connectivity index is 3.42. The summed E-state index contributed by atoms with van der Waals surface area (Å²) in [5.74, 6) is -0.408. The van der Waals surface area contributed by atoms with E-state index in [0.29, 0.717) is 12.1 Å². The van der Waals surface area contributed by atoms with Gasteiger partial charge >= 0.3 is 6.18 Å². The van der Waals surface area contributed by atoms with Gasteiger partial charge < -0.3 is 11.5 Å². The average molecular weight is 308 g/mol. The Bertz CT molecular complexity index is 662. The fourth-order valence-electron chi connectivity index (χ4n) is 1.32. The van der Waals surface area contributed by atoms with Crippen LogP contribution >= 0.6 is 0 Å².